The topological polar surface area (TPSA) is 92.8 Å². The van der Waals surface area contributed by atoms with Gasteiger partial charge in [-0.3, -0.25) is 19.2 Å². The van der Waals surface area contributed by atoms with Crippen molar-refractivity contribution in [1.29, 1.82) is 0 Å². The van der Waals surface area contributed by atoms with E-state index in [0.717, 1.165) is 27.9 Å². The predicted octanol–water partition coefficient (Wildman–Crippen LogP) is 5.56. The van der Waals surface area contributed by atoms with Crippen LogP contribution in [0.2, 0.25) is 0 Å². The Hall–Kier alpha value is -3.48. The van der Waals surface area contributed by atoms with Gasteiger partial charge in [0.2, 0.25) is 6.41 Å². The quantitative estimate of drug-likeness (QED) is 0.243. The van der Waals surface area contributed by atoms with Crippen LogP contribution in [0.3, 0.4) is 0 Å². The molecule has 206 valence electrons. The normalized spacial score (nSPS) is 11.9. The van der Waals surface area contributed by atoms with Crippen LogP contribution >= 0.6 is 0 Å². The number of nitrogens with zero attached hydrogens (tertiary/aromatic N) is 1. The van der Waals surface area contributed by atoms with Crippen molar-refractivity contribution < 1.29 is 23.9 Å². The van der Waals surface area contributed by atoms with Gasteiger partial charge in [0, 0.05) is 38.0 Å². The number of anilines is 1. The van der Waals surface area contributed by atoms with Crippen molar-refractivity contribution in [3.05, 3.63) is 64.7 Å². The molecule has 0 aliphatic heterocycles. The van der Waals surface area contributed by atoms with Gasteiger partial charge in [-0.05, 0) is 81.8 Å². The van der Waals surface area contributed by atoms with Gasteiger partial charge < -0.3 is 15.0 Å². The number of amides is 1. The molecule has 2 aromatic carbocycles. The minimum absolute atomic E-state index is 0.0603. The molecule has 1 unspecified atom stereocenters. The van der Waals surface area contributed by atoms with E-state index in [2.05, 4.69) is 5.32 Å². The highest BCUT2D eigenvalue weighted by atomic mass is 16.6. The van der Waals surface area contributed by atoms with Crippen molar-refractivity contribution in [1.82, 2.24) is 4.90 Å². The summed E-state index contributed by atoms with van der Waals surface area (Å²) < 4.78 is 5.50. The van der Waals surface area contributed by atoms with Crippen LogP contribution in [0.1, 0.15) is 82.6 Å². The van der Waals surface area contributed by atoms with Crippen molar-refractivity contribution in [3.63, 3.8) is 0 Å². The summed E-state index contributed by atoms with van der Waals surface area (Å²) in [7, 11) is 0. The lowest BCUT2D eigenvalue weighted by Gasteiger charge is -2.28. The summed E-state index contributed by atoms with van der Waals surface area (Å²) in [5.41, 5.74) is 4.21. The lowest BCUT2D eigenvalue weighted by molar-refractivity contribution is -0.154. The summed E-state index contributed by atoms with van der Waals surface area (Å²) in [6.07, 6.45) is 2.24. The summed E-state index contributed by atoms with van der Waals surface area (Å²) in [4.78, 5) is 50.5. The van der Waals surface area contributed by atoms with E-state index < -0.39 is 11.6 Å². The number of rotatable bonds is 15. The second-order valence-electron chi connectivity index (χ2n) is 10.7. The maximum Gasteiger partial charge on any atom is 0.306 e. The molecule has 0 bridgehead atoms. The second kappa shape index (κ2) is 14.5. The summed E-state index contributed by atoms with van der Waals surface area (Å²) in [6.45, 7) is 11.6. The third-order valence-electron chi connectivity index (χ3n) is 6.36. The van der Waals surface area contributed by atoms with Crippen LogP contribution in [-0.4, -0.2) is 40.5 Å². The first-order valence-electron chi connectivity index (χ1n) is 13.3. The molecule has 7 heteroatoms. The smallest absolute Gasteiger partial charge is 0.306 e. The number of hydrogen-bond acceptors (Lipinski definition) is 6. The third-order valence-corrected chi connectivity index (χ3v) is 6.36. The molecule has 1 amide bonds. The number of aryl methyl sites for hydroxylation is 2. The van der Waals surface area contributed by atoms with E-state index in [4.69, 9.17) is 4.74 Å². The first kappa shape index (κ1) is 30.7. The lowest BCUT2D eigenvalue weighted by Crippen LogP contribution is -2.39. The van der Waals surface area contributed by atoms with Crippen LogP contribution in [0.15, 0.2) is 42.5 Å². The molecule has 0 spiro atoms. The zero-order valence-corrected chi connectivity index (χ0v) is 23.6. The van der Waals surface area contributed by atoms with Crippen LogP contribution in [-0.2, 0) is 43.4 Å². The molecule has 0 heterocycles. The monoisotopic (exact) mass is 522 g/mol. The van der Waals surface area contributed by atoms with Gasteiger partial charge in [0.1, 0.15) is 11.4 Å². The van der Waals surface area contributed by atoms with Crippen molar-refractivity contribution in [3.8, 4) is 0 Å². The fourth-order valence-electron chi connectivity index (χ4n) is 4.35. The molecule has 0 aromatic heterocycles. The fraction of sp³-hybridized carbons (Fsp3) is 0.484. The molecule has 1 N–H and O–H groups in total. The Bertz CT molecular complexity index is 1110. The number of carbonyl (C=O) groups excluding carboxylic acids is 4. The van der Waals surface area contributed by atoms with E-state index >= 15 is 0 Å². The maximum atomic E-state index is 12.5. The van der Waals surface area contributed by atoms with Crippen molar-refractivity contribution in [2.45, 2.75) is 98.4 Å². The number of hydrogen-bond donors (Lipinski definition) is 1. The molecule has 0 aliphatic carbocycles. The zero-order valence-electron chi connectivity index (χ0n) is 23.6. The van der Waals surface area contributed by atoms with Crippen LogP contribution < -0.4 is 5.32 Å². The SMILES string of the molecule is CCC(=O)CCC(C(C)=O)N(C=O)Cc1c(C)cc(NCc2ccccc2)cc1CCC(=O)OC(C)(C)C. The van der Waals surface area contributed by atoms with E-state index in [1.54, 1.807) is 6.92 Å². The van der Waals surface area contributed by atoms with Crippen molar-refractivity contribution in [2.24, 2.45) is 0 Å². The van der Waals surface area contributed by atoms with Gasteiger partial charge in [0.25, 0.3) is 0 Å². The predicted molar refractivity (Wildman–Crippen MR) is 150 cm³/mol. The first-order chi connectivity index (χ1) is 17.9. The summed E-state index contributed by atoms with van der Waals surface area (Å²) in [5, 5.41) is 3.45. The molecular weight excluding hydrogens is 480 g/mol. The molecule has 0 saturated carbocycles. The number of nitrogens with one attached hydrogen (secondary N) is 1. The molecule has 38 heavy (non-hydrogen) atoms. The van der Waals surface area contributed by atoms with E-state index in [9.17, 15) is 19.2 Å². The summed E-state index contributed by atoms with van der Waals surface area (Å²) >= 11 is 0. The van der Waals surface area contributed by atoms with Gasteiger partial charge in [-0.25, -0.2) is 0 Å². The van der Waals surface area contributed by atoms with Gasteiger partial charge in [0.15, 0.2) is 5.78 Å². The lowest BCUT2D eigenvalue weighted by atomic mass is 9.95. The molecule has 2 aromatic rings. The Labute approximate surface area is 226 Å². The average Bonchev–Trinajstić information content (AvgIpc) is 2.85. The number of Topliss-reactive ketones (excluding diaryl/α,β-unsaturated/α-hetero) is 2. The third kappa shape index (κ3) is 10.1. The summed E-state index contributed by atoms with van der Waals surface area (Å²) in [5.74, 6) is -0.393. The molecule has 7 nitrogen and oxygen atoms in total. The number of carbonyl (C=O) groups is 4. The Balaban J connectivity index is 2.34. The second-order valence-corrected chi connectivity index (χ2v) is 10.7. The number of ketones is 2. The largest absolute Gasteiger partial charge is 0.460 e. The molecule has 2 rings (SSSR count). The molecule has 0 aliphatic rings. The number of benzene rings is 2. The van der Waals surface area contributed by atoms with Gasteiger partial charge in [-0.2, -0.15) is 0 Å². The van der Waals surface area contributed by atoms with Crippen LogP contribution in [0.5, 0.6) is 0 Å². The van der Waals surface area contributed by atoms with E-state index in [-0.39, 0.29) is 36.9 Å². The molecule has 1 atom stereocenters. The molecule has 0 radical (unpaired) electrons. The number of ether oxygens (including phenoxy) is 1. The van der Waals surface area contributed by atoms with Crippen molar-refractivity contribution in [2.75, 3.05) is 5.32 Å². The minimum Gasteiger partial charge on any atom is -0.460 e. The molecule has 0 fully saturated rings. The average molecular weight is 523 g/mol. The highest BCUT2D eigenvalue weighted by Gasteiger charge is 2.25. The minimum atomic E-state index is -0.683. The van der Waals surface area contributed by atoms with E-state index in [1.807, 2.05) is 70.2 Å². The van der Waals surface area contributed by atoms with Crippen molar-refractivity contribution >= 4 is 29.6 Å². The summed E-state index contributed by atoms with van der Waals surface area (Å²) in [6, 6.07) is 13.4. The number of esters is 1. The zero-order chi connectivity index (χ0) is 28.3. The van der Waals surface area contributed by atoms with Gasteiger partial charge in [-0.15, -0.1) is 0 Å². The standard InChI is InChI=1S/C31H42N2O5/c1-7-27(36)14-15-29(23(3)35)33(21-34)20-28-22(2)17-26(32-19-24-11-9-8-10-12-24)18-25(28)13-16-30(37)38-31(4,5)6/h8-12,17-18,21,29,32H,7,13-16,19-20H2,1-6H3. The van der Waals surface area contributed by atoms with Gasteiger partial charge in [0.05, 0.1) is 6.04 Å². The van der Waals surface area contributed by atoms with E-state index in [1.165, 1.54) is 11.8 Å². The Morgan fingerprint density at radius 3 is 2.34 bits per heavy atom. The Kier molecular flexibility index (Phi) is 11.7. The van der Waals surface area contributed by atoms with Gasteiger partial charge in [-0.1, -0.05) is 37.3 Å². The van der Waals surface area contributed by atoms with Gasteiger partial charge >= 0.3 is 5.97 Å². The Morgan fingerprint density at radius 1 is 1.08 bits per heavy atom. The van der Waals surface area contributed by atoms with Crippen LogP contribution in [0, 0.1) is 6.92 Å². The maximum absolute atomic E-state index is 12.5. The molecular formula is C31H42N2O5. The van der Waals surface area contributed by atoms with Crippen LogP contribution in [0.25, 0.3) is 0 Å². The highest BCUT2D eigenvalue weighted by molar-refractivity contribution is 5.85. The fourth-order valence-corrected chi connectivity index (χ4v) is 4.35. The highest BCUT2D eigenvalue weighted by Crippen LogP contribution is 2.26. The Morgan fingerprint density at radius 2 is 1.76 bits per heavy atom. The van der Waals surface area contributed by atoms with E-state index in [0.29, 0.717) is 32.2 Å². The van der Waals surface area contributed by atoms with Crippen LogP contribution in [0.4, 0.5) is 5.69 Å². The first-order valence-corrected chi connectivity index (χ1v) is 13.3. The molecule has 0 saturated heterocycles.